The van der Waals surface area contributed by atoms with Crippen LogP contribution in [0.1, 0.15) is 109 Å². The normalized spacial score (nSPS) is 14.7. The Hall–Kier alpha value is -1.86. The van der Waals surface area contributed by atoms with E-state index in [1.54, 1.807) is 4.90 Å². The molecule has 0 saturated carbocycles. The number of ether oxygens (including phenoxy) is 1. The average molecular weight is 534 g/mol. The maximum absolute atomic E-state index is 12.9. The molecule has 0 unspecified atom stereocenters. The van der Waals surface area contributed by atoms with Crippen LogP contribution in [0.5, 0.6) is 5.75 Å². The Morgan fingerprint density at radius 3 is 2.14 bits per heavy atom. The van der Waals surface area contributed by atoms with Crippen molar-refractivity contribution in [1.82, 2.24) is 4.90 Å². The van der Waals surface area contributed by atoms with Gasteiger partial charge in [0.05, 0.1) is 11.5 Å². The Labute approximate surface area is 227 Å². The van der Waals surface area contributed by atoms with Crippen LogP contribution in [-0.2, 0) is 9.59 Å². The van der Waals surface area contributed by atoms with Gasteiger partial charge in [0, 0.05) is 13.0 Å². The summed E-state index contributed by atoms with van der Waals surface area (Å²) < 4.78 is 6.50. The Balaban J connectivity index is 1.63. The molecule has 1 fully saturated rings. The number of benzene rings is 1. The van der Waals surface area contributed by atoms with Gasteiger partial charge in [0.2, 0.25) is 0 Å². The highest BCUT2D eigenvalue weighted by Crippen LogP contribution is 2.33. The van der Waals surface area contributed by atoms with Crippen molar-refractivity contribution in [3.8, 4) is 5.75 Å². The molecule has 0 aromatic heterocycles. The number of unbranched alkanes of at least 4 members (excludes halogenated alkanes) is 12. The van der Waals surface area contributed by atoms with E-state index in [0.29, 0.717) is 15.8 Å². The standard InChI is InChI=1S/C29H43NO4S2/c1-2-3-4-5-12-15-22-34-25-19-17-24(18-20-25)23-26-28(33)30(29(35)36-26)21-14-11-9-7-6-8-10-13-16-27(31)32/h17-20,23H,2-16,21-22H2,1H3,(H,31,32)/b26-23+. The van der Waals surface area contributed by atoms with Gasteiger partial charge in [0.1, 0.15) is 10.1 Å². The van der Waals surface area contributed by atoms with Crippen LogP contribution in [0.15, 0.2) is 29.2 Å². The molecule has 0 aliphatic carbocycles. The second-order valence-corrected chi connectivity index (χ2v) is 11.2. The van der Waals surface area contributed by atoms with E-state index in [0.717, 1.165) is 75.7 Å². The van der Waals surface area contributed by atoms with E-state index in [1.807, 2.05) is 30.3 Å². The highest BCUT2D eigenvalue weighted by atomic mass is 32.2. The summed E-state index contributed by atoms with van der Waals surface area (Å²) in [5.74, 6) is 0.169. The predicted molar refractivity (Wildman–Crippen MR) is 154 cm³/mol. The number of carbonyl (C=O) groups excluding carboxylic acids is 1. The Morgan fingerprint density at radius 1 is 0.917 bits per heavy atom. The van der Waals surface area contributed by atoms with Crippen LogP contribution < -0.4 is 4.74 Å². The molecule has 7 heteroatoms. The molecule has 200 valence electrons. The highest BCUT2D eigenvalue weighted by molar-refractivity contribution is 8.26. The molecule has 1 saturated heterocycles. The summed E-state index contributed by atoms with van der Waals surface area (Å²) in [4.78, 5) is 25.8. The first-order valence-corrected chi connectivity index (χ1v) is 14.9. The number of hydrogen-bond donors (Lipinski definition) is 1. The third-order valence-corrected chi connectivity index (χ3v) is 7.72. The van der Waals surface area contributed by atoms with Gasteiger partial charge >= 0.3 is 5.97 Å². The smallest absolute Gasteiger partial charge is 0.303 e. The lowest BCUT2D eigenvalue weighted by molar-refractivity contribution is -0.137. The molecule has 0 radical (unpaired) electrons. The van der Waals surface area contributed by atoms with Crippen molar-refractivity contribution in [3.05, 3.63) is 34.7 Å². The number of carbonyl (C=O) groups is 2. The summed E-state index contributed by atoms with van der Waals surface area (Å²) in [7, 11) is 0. The molecule has 0 bridgehead atoms. The lowest BCUT2D eigenvalue weighted by atomic mass is 10.1. The van der Waals surface area contributed by atoms with E-state index in [9.17, 15) is 9.59 Å². The zero-order valence-corrected chi connectivity index (χ0v) is 23.5. The minimum atomic E-state index is -0.706. The molecule has 1 N–H and O–H groups in total. The summed E-state index contributed by atoms with van der Waals surface area (Å²) in [6.07, 6.45) is 18.0. The van der Waals surface area contributed by atoms with E-state index in [1.165, 1.54) is 43.9 Å². The number of thioether (sulfide) groups is 1. The molecule has 1 amide bonds. The van der Waals surface area contributed by atoms with Crippen LogP contribution in [0.4, 0.5) is 0 Å². The number of carboxylic acids is 1. The molecular formula is C29H43NO4S2. The van der Waals surface area contributed by atoms with Crippen molar-refractivity contribution < 1.29 is 19.4 Å². The number of thiocarbonyl (C=S) groups is 1. The molecule has 1 aromatic carbocycles. The number of aliphatic carboxylic acids is 1. The third-order valence-electron chi connectivity index (χ3n) is 6.34. The number of amides is 1. The van der Waals surface area contributed by atoms with Gasteiger partial charge in [-0.05, 0) is 43.0 Å². The predicted octanol–water partition coefficient (Wildman–Crippen LogP) is 8.22. The highest BCUT2D eigenvalue weighted by Gasteiger charge is 2.31. The Morgan fingerprint density at radius 2 is 1.50 bits per heavy atom. The van der Waals surface area contributed by atoms with Crippen molar-refractivity contribution in [2.45, 2.75) is 103 Å². The van der Waals surface area contributed by atoms with E-state index in [2.05, 4.69) is 6.92 Å². The maximum Gasteiger partial charge on any atom is 0.303 e. The van der Waals surface area contributed by atoms with E-state index < -0.39 is 5.97 Å². The number of rotatable bonds is 20. The third kappa shape index (κ3) is 12.4. The van der Waals surface area contributed by atoms with E-state index in [4.69, 9.17) is 22.1 Å². The molecule has 1 heterocycles. The van der Waals surface area contributed by atoms with Crippen molar-refractivity contribution in [3.63, 3.8) is 0 Å². The zero-order chi connectivity index (χ0) is 26.0. The van der Waals surface area contributed by atoms with Crippen LogP contribution >= 0.6 is 24.0 Å². The first kappa shape index (κ1) is 30.4. The first-order chi connectivity index (χ1) is 17.5. The fourth-order valence-corrected chi connectivity index (χ4v) is 5.49. The van der Waals surface area contributed by atoms with Gasteiger partial charge in [0.15, 0.2) is 0 Å². The SMILES string of the molecule is CCCCCCCCOc1ccc(/C=C2/SC(=S)N(CCCCCCCCCCC(=O)O)C2=O)cc1. The minimum Gasteiger partial charge on any atom is -0.494 e. The lowest BCUT2D eigenvalue weighted by Gasteiger charge is -2.14. The molecule has 1 aromatic rings. The van der Waals surface area contributed by atoms with Gasteiger partial charge in [-0.3, -0.25) is 14.5 Å². The number of hydrogen-bond acceptors (Lipinski definition) is 5. The second-order valence-electron chi connectivity index (χ2n) is 9.49. The molecule has 36 heavy (non-hydrogen) atoms. The molecule has 0 spiro atoms. The van der Waals surface area contributed by atoms with Crippen LogP contribution in [0.3, 0.4) is 0 Å². The zero-order valence-electron chi connectivity index (χ0n) is 21.8. The van der Waals surface area contributed by atoms with Gasteiger partial charge in [-0.2, -0.15) is 0 Å². The van der Waals surface area contributed by atoms with Gasteiger partial charge < -0.3 is 9.84 Å². The largest absolute Gasteiger partial charge is 0.494 e. The molecular weight excluding hydrogens is 490 g/mol. The van der Waals surface area contributed by atoms with Crippen LogP contribution in [0.2, 0.25) is 0 Å². The minimum absolute atomic E-state index is 0.00632. The van der Waals surface area contributed by atoms with Crippen molar-refractivity contribution in [2.24, 2.45) is 0 Å². The van der Waals surface area contributed by atoms with Crippen molar-refractivity contribution in [1.29, 1.82) is 0 Å². The van der Waals surface area contributed by atoms with Crippen LogP contribution in [0.25, 0.3) is 6.08 Å². The molecule has 1 aliphatic heterocycles. The average Bonchev–Trinajstić information content (AvgIpc) is 3.12. The Kier molecular flexibility index (Phi) is 15.5. The number of nitrogens with zero attached hydrogens (tertiary/aromatic N) is 1. The number of carboxylic acid groups (broad SMARTS) is 1. The summed E-state index contributed by atoms with van der Waals surface area (Å²) >= 11 is 6.85. The molecule has 2 rings (SSSR count). The van der Waals surface area contributed by atoms with Gasteiger partial charge in [-0.25, -0.2) is 0 Å². The van der Waals surface area contributed by atoms with Gasteiger partial charge in [-0.1, -0.05) is 114 Å². The second kappa shape index (κ2) is 18.4. The summed E-state index contributed by atoms with van der Waals surface area (Å²) in [6.45, 7) is 3.65. The fraction of sp³-hybridized carbons (Fsp3) is 0.621. The molecule has 5 nitrogen and oxygen atoms in total. The quantitative estimate of drug-likeness (QED) is 0.103. The monoisotopic (exact) mass is 533 g/mol. The topological polar surface area (TPSA) is 66.8 Å². The summed E-state index contributed by atoms with van der Waals surface area (Å²) in [5, 5.41) is 8.65. The summed E-state index contributed by atoms with van der Waals surface area (Å²) in [6, 6.07) is 7.92. The molecule has 1 aliphatic rings. The van der Waals surface area contributed by atoms with Crippen molar-refractivity contribution in [2.75, 3.05) is 13.2 Å². The van der Waals surface area contributed by atoms with E-state index in [-0.39, 0.29) is 12.3 Å². The molecule has 0 atom stereocenters. The Bertz CT molecular complexity index is 838. The van der Waals surface area contributed by atoms with Crippen LogP contribution in [0, 0.1) is 0 Å². The van der Waals surface area contributed by atoms with Crippen molar-refractivity contribution >= 4 is 46.3 Å². The first-order valence-electron chi connectivity index (χ1n) is 13.7. The van der Waals surface area contributed by atoms with Crippen LogP contribution in [-0.4, -0.2) is 39.4 Å². The van der Waals surface area contributed by atoms with Gasteiger partial charge in [0.25, 0.3) is 5.91 Å². The van der Waals surface area contributed by atoms with Gasteiger partial charge in [-0.15, -0.1) is 0 Å². The maximum atomic E-state index is 12.9. The fourth-order valence-electron chi connectivity index (χ4n) is 4.18. The lowest BCUT2D eigenvalue weighted by Crippen LogP contribution is -2.29. The summed E-state index contributed by atoms with van der Waals surface area (Å²) in [5.41, 5.74) is 0.978. The van der Waals surface area contributed by atoms with E-state index >= 15 is 0 Å².